The van der Waals surface area contributed by atoms with Crippen LogP contribution in [-0.4, -0.2) is 31.4 Å². The summed E-state index contributed by atoms with van der Waals surface area (Å²) in [5.74, 6) is -0.277. The quantitative estimate of drug-likeness (QED) is 0.650. The lowest BCUT2D eigenvalue weighted by molar-refractivity contribution is -0.121. The van der Waals surface area contributed by atoms with Gasteiger partial charge in [-0.1, -0.05) is 48.0 Å². The highest BCUT2D eigenvalue weighted by Crippen LogP contribution is 2.17. The van der Waals surface area contributed by atoms with Crippen molar-refractivity contribution in [1.82, 2.24) is 16.0 Å². The molecule has 3 N–H and O–H groups in total. The van der Waals surface area contributed by atoms with Crippen LogP contribution in [0.25, 0.3) is 0 Å². The largest absolute Gasteiger partial charge is 0.354 e. The topological polar surface area (TPSA) is 70.2 Å². The van der Waals surface area contributed by atoms with Gasteiger partial charge in [-0.3, -0.25) is 9.59 Å². The highest BCUT2D eigenvalue weighted by molar-refractivity contribution is 5.94. The van der Waals surface area contributed by atoms with Crippen LogP contribution in [-0.2, 0) is 4.79 Å². The molecule has 2 aromatic rings. The van der Waals surface area contributed by atoms with Gasteiger partial charge in [0.2, 0.25) is 5.91 Å². The molecule has 27 heavy (non-hydrogen) atoms. The van der Waals surface area contributed by atoms with Gasteiger partial charge in [0.1, 0.15) is 0 Å². The van der Waals surface area contributed by atoms with Crippen LogP contribution in [0.2, 0.25) is 0 Å². The Labute approximate surface area is 167 Å². The molecular formula is C21H28ClN3O2. The van der Waals surface area contributed by atoms with Crippen LogP contribution >= 0.6 is 12.4 Å². The summed E-state index contributed by atoms with van der Waals surface area (Å²) >= 11 is 0. The van der Waals surface area contributed by atoms with Gasteiger partial charge in [0.25, 0.3) is 5.91 Å². The van der Waals surface area contributed by atoms with Crippen molar-refractivity contribution in [1.29, 1.82) is 0 Å². The Balaban J connectivity index is 0.00000364. The maximum Gasteiger partial charge on any atom is 0.251 e. The van der Waals surface area contributed by atoms with Gasteiger partial charge in [0, 0.05) is 18.2 Å². The van der Waals surface area contributed by atoms with Crippen molar-refractivity contribution < 1.29 is 9.59 Å². The molecule has 2 atom stereocenters. The molecule has 2 amide bonds. The van der Waals surface area contributed by atoms with E-state index in [-0.39, 0.29) is 42.7 Å². The third-order valence-corrected chi connectivity index (χ3v) is 4.31. The Morgan fingerprint density at radius 2 is 1.63 bits per heavy atom. The summed E-state index contributed by atoms with van der Waals surface area (Å²) < 4.78 is 0. The molecule has 0 aliphatic carbocycles. The number of carbonyl (C=O) groups excluding carboxylic acids is 2. The van der Waals surface area contributed by atoms with Gasteiger partial charge in [-0.15, -0.1) is 12.4 Å². The minimum Gasteiger partial charge on any atom is -0.354 e. The SMILES string of the molecule is CNC(C)CNC(=O)CC(NC(=O)c1ccc(C)cc1)c1ccccc1.Cl. The first-order chi connectivity index (χ1) is 12.5. The van der Waals surface area contributed by atoms with Gasteiger partial charge >= 0.3 is 0 Å². The molecule has 0 fully saturated rings. The normalized spacial score (nSPS) is 12.4. The van der Waals surface area contributed by atoms with Crippen molar-refractivity contribution >= 4 is 24.2 Å². The number of likely N-dealkylation sites (N-methyl/N-ethyl adjacent to an activating group) is 1. The molecule has 0 spiro atoms. The van der Waals surface area contributed by atoms with Gasteiger partial charge in [0.05, 0.1) is 12.5 Å². The zero-order valence-electron chi connectivity index (χ0n) is 16.0. The summed E-state index contributed by atoms with van der Waals surface area (Å²) in [6, 6.07) is 16.8. The number of amides is 2. The van der Waals surface area contributed by atoms with Gasteiger partial charge in [0.15, 0.2) is 0 Å². The van der Waals surface area contributed by atoms with E-state index in [0.717, 1.165) is 11.1 Å². The minimum atomic E-state index is -0.380. The monoisotopic (exact) mass is 389 g/mol. The number of halogens is 1. The van der Waals surface area contributed by atoms with Crippen molar-refractivity contribution in [3.8, 4) is 0 Å². The van der Waals surface area contributed by atoms with Gasteiger partial charge in [-0.05, 0) is 38.6 Å². The first-order valence-electron chi connectivity index (χ1n) is 8.86. The first-order valence-corrected chi connectivity index (χ1v) is 8.86. The molecule has 146 valence electrons. The molecule has 2 unspecified atom stereocenters. The third kappa shape index (κ3) is 7.41. The molecule has 0 saturated carbocycles. The fraction of sp³-hybridized carbons (Fsp3) is 0.333. The van der Waals surface area contributed by atoms with Gasteiger partial charge in [-0.25, -0.2) is 0 Å². The Morgan fingerprint density at radius 1 is 1.00 bits per heavy atom. The Hall–Kier alpha value is -2.37. The average molecular weight is 390 g/mol. The Kier molecular flexibility index (Phi) is 9.54. The van der Waals surface area contributed by atoms with Crippen molar-refractivity contribution in [2.45, 2.75) is 32.4 Å². The first kappa shape index (κ1) is 22.7. The lowest BCUT2D eigenvalue weighted by Crippen LogP contribution is -2.39. The number of benzene rings is 2. The molecule has 2 aromatic carbocycles. The van der Waals surface area contributed by atoms with Gasteiger partial charge < -0.3 is 16.0 Å². The van der Waals surface area contributed by atoms with E-state index in [2.05, 4.69) is 16.0 Å². The molecule has 0 heterocycles. The number of nitrogens with one attached hydrogen (secondary N) is 3. The van der Waals surface area contributed by atoms with Crippen molar-refractivity contribution in [3.05, 3.63) is 71.3 Å². The molecule has 0 bridgehead atoms. The Morgan fingerprint density at radius 3 is 2.22 bits per heavy atom. The third-order valence-electron chi connectivity index (χ3n) is 4.31. The molecule has 0 aromatic heterocycles. The van der Waals surface area contributed by atoms with Crippen LogP contribution in [0.5, 0.6) is 0 Å². The second kappa shape index (κ2) is 11.4. The fourth-order valence-corrected chi connectivity index (χ4v) is 2.51. The van der Waals surface area contributed by atoms with Crippen LogP contribution in [0.15, 0.2) is 54.6 Å². The zero-order chi connectivity index (χ0) is 18.9. The van der Waals surface area contributed by atoms with Crippen LogP contribution in [0, 0.1) is 6.92 Å². The highest BCUT2D eigenvalue weighted by Gasteiger charge is 2.19. The molecular weight excluding hydrogens is 362 g/mol. The van der Waals surface area contributed by atoms with E-state index in [1.165, 1.54) is 0 Å². The second-order valence-electron chi connectivity index (χ2n) is 6.50. The molecule has 2 rings (SSSR count). The van der Waals surface area contributed by atoms with E-state index in [4.69, 9.17) is 0 Å². The van der Waals surface area contributed by atoms with E-state index in [1.807, 2.05) is 63.4 Å². The standard InChI is InChI=1S/C21H27N3O2.ClH/c1-15-9-11-18(12-10-15)21(26)24-19(17-7-5-4-6-8-17)13-20(25)23-14-16(2)22-3;/h4-12,16,19,22H,13-14H2,1-3H3,(H,23,25)(H,24,26);1H. The fourth-order valence-electron chi connectivity index (χ4n) is 2.51. The molecule has 0 radical (unpaired) electrons. The molecule has 0 aliphatic heterocycles. The molecule has 0 aliphatic rings. The summed E-state index contributed by atoms with van der Waals surface area (Å²) in [7, 11) is 1.85. The zero-order valence-corrected chi connectivity index (χ0v) is 16.8. The predicted octanol–water partition coefficient (Wildman–Crippen LogP) is 3.00. The lowest BCUT2D eigenvalue weighted by atomic mass is 10.0. The van der Waals surface area contributed by atoms with Crippen LogP contribution in [0.1, 0.15) is 40.9 Å². The summed E-state index contributed by atoms with van der Waals surface area (Å²) in [6.45, 7) is 4.52. The smallest absolute Gasteiger partial charge is 0.251 e. The number of hydrogen-bond acceptors (Lipinski definition) is 3. The maximum absolute atomic E-state index is 12.6. The number of hydrogen-bond donors (Lipinski definition) is 3. The number of aryl methyl sites for hydroxylation is 1. The summed E-state index contributed by atoms with van der Waals surface area (Å²) in [6.07, 6.45) is 0.193. The van der Waals surface area contributed by atoms with Crippen LogP contribution < -0.4 is 16.0 Å². The highest BCUT2D eigenvalue weighted by atomic mass is 35.5. The van der Waals surface area contributed by atoms with Crippen LogP contribution in [0.4, 0.5) is 0 Å². The summed E-state index contributed by atoms with van der Waals surface area (Å²) in [4.78, 5) is 24.9. The maximum atomic E-state index is 12.6. The summed E-state index contributed by atoms with van der Waals surface area (Å²) in [5, 5.41) is 8.97. The van der Waals surface area contributed by atoms with Crippen molar-refractivity contribution in [2.75, 3.05) is 13.6 Å². The number of rotatable bonds is 8. The van der Waals surface area contributed by atoms with E-state index in [0.29, 0.717) is 12.1 Å². The molecule has 0 saturated heterocycles. The number of carbonyl (C=O) groups is 2. The van der Waals surface area contributed by atoms with Crippen molar-refractivity contribution in [2.24, 2.45) is 0 Å². The van der Waals surface area contributed by atoms with E-state index >= 15 is 0 Å². The predicted molar refractivity (Wildman–Crippen MR) is 111 cm³/mol. The second-order valence-corrected chi connectivity index (χ2v) is 6.50. The van der Waals surface area contributed by atoms with E-state index in [1.54, 1.807) is 12.1 Å². The molecule has 6 heteroatoms. The Bertz CT molecular complexity index is 720. The van der Waals surface area contributed by atoms with E-state index < -0.39 is 0 Å². The van der Waals surface area contributed by atoms with Crippen molar-refractivity contribution in [3.63, 3.8) is 0 Å². The summed E-state index contributed by atoms with van der Waals surface area (Å²) in [5.41, 5.74) is 2.59. The van der Waals surface area contributed by atoms with E-state index in [9.17, 15) is 9.59 Å². The molecule has 5 nitrogen and oxygen atoms in total. The van der Waals surface area contributed by atoms with Gasteiger partial charge in [-0.2, -0.15) is 0 Å². The average Bonchev–Trinajstić information content (AvgIpc) is 2.66. The minimum absolute atomic E-state index is 0. The lowest BCUT2D eigenvalue weighted by Gasteiger charge is -2.20. The van der Waals surface area contributed by atoms with Crippen LogP contribution in [0.3, 0.4) is 0 Å².